The van der Waals surface area contributed by atoms with Crippen molar-refractivity contribution in [1.29, 1.82) is 0 Å². The SMILES string of the molecule is CN1CCN(CCCSc2ccc3c(c2)ncn3-c2cc(OCc3ccccc3C(F)(F)F)c(C(N)=O)s2)CC1.O=CO. The van der Waals surface area contributed by atoms with Crippen LogP contribution >= 0.6 is 23.1 Å². The third kappa shape index (κ3) is 8.50. The van der Waals surface area contributed by atoms with Crippen LogP contribution in [0.2, 0.25) is 0 Å². The Balaban J connectivity index is 0.00000135. The highest BCUT2D eigenvalue weighted by molar-refractivity contribution is 7.99. The van der Waals surface area contributed by atoms with E-state index in [1.165, 1.54) is 18.2 Å². The van der Waals surface area contributed by atoms with Crippen LogP contribution in [-0.4, -0.2) is 82.4 Å². The lowest BCUT2D eigenvalue weighted by atomic mass is 10.1. The summed E-state index contributed by atoms with van der Waals surface area (Å²) in [5.41, 5.74) is 6.41. The number of halogens is 3. The van der Waals surface area contributed by atoms with Crippen LogP contribution in [0.15, 0.2) is 59.8 Å². The van der Waals surface area contributed by atoms with Gasteiger partial charge in [0.15, 0.2) is 0 Å². The zero-order chi connectivity index (χ0) is 31.0. The number of carboxylic acid groups (broad SMARTS) is 1. The molecule has 43 heavy (non-hydrogen) atoms. The molecule has 3 heterocycles. The molecule has 2 aromatic heterocycles. The first-order chi connectivity index (χ1) is 20.6. The number of nitrogens with zero attached hydrogens (tertiary/aromatic N) is 4. The molecule has 0 unspecified atom stereocenters. The number of fused-ring (bicyclic) bond motifs is 1. The largest absolute Gasteiger partial charge is 0.487 e. The molecule has 3 N–H and O–H groups in total. The number of thiophene rings is 1. The summed E-state index contributed by atoms with van der Waals surface area (Å²) in [6, 6.07) is 12.9. The average Bonchev–Trinajstić information content (AvgIpc) is 3.59. The fourth-order valence-electron chi connectivity index (χ4n) is 4.65. The maximum absolute atomic E-state index is 13.4. The summed E-state index contributed by atoms with van der Waals surface area (Å²) in [6.45, 7) is 4.99. The molecule has 0 aliphatic carbocycles. The van der Waals surface area contributed by atoms with Gasteiger partial charge in [0, 0.05) is 42.7 Å². The molecule has 1 amide bonds. The first kappa shape index (κ1) is 32.3. The first-order valence-electron chi connectivity index (χ1n) is 13.4. The van der Waals surface area contributed by atoms with E-state index in [1.54, 1.807) is 24.2 Å². The maximum atomic E-state index is 13.4. The summed E-state index contributed by atoms with van der Waals surface area (Å²) in [4.78, 5) is 31.2. The molecule has 230 valence electrons. The molecule has 0 atom stereocenters. The van der Waals surface area contributed by atoms with Crippen molar-refractivity contribution in [3.05, 3.63) is 70.9 Å². The summed E-state index contributed by atoms with van der Waals surface area (Å²) in [6.07, 6.45) is -1.74. The van der Waals surface area contributed by atoms with Crippen LogP contribution in [-0.2, 0) is 17.6 Å². The second-order valence-electron chi connectivity index (χ2n) is 9.80. The fraction of sp³-hybridized carbons (Fsp3) is 0.345. The lowest BCUT2D eigenvalue weighted by molar-refractivity contribution is -0.138. The summed E-state index contributed by atoms with van der Waals surface area (Å²) < 4.78 is 47.7. The van der Waals surface area contributed by atoms with Crippen molar-refractivity contribution in [1.82, 2.24) is 19.4 Å². The Morgan fingerprint density at radius 3 is 2.58 bits per heavy atom. The maximum Gasteiger partial charge on any atom is 0.416 e. The summed E-state index contributed by atoms with van der Waals surface area (Å²) in [5, 5.41) is 7.52. The van der Waals surface area contributed by atoms with Crippen molar-refractivity contribution in [2.75, 3.05) is 45.5 Å². The number of aromatic nitrogens is 2. The van der Waals surface area contributed by atoms with E-state index in [-0.39, 0.29) is 29.3 Å². The molecule has 0 spiro atoms. The zero-order valence-corrected chi connectivity index (χ0v) is 25.1. The number of hydrogen-bond acceptors (Lipinski definition) is 8. The summed E-state index contributed by atoms with van der Waals surface area (Å²) in [5.74, 6) is 0.442. The van der Waals surface area contributed by atoms with Gasteiger partial charge in [-0.15, -0.1) is 23.1 Å². The molecule has 4 aromatic rings. The predicted octanol–water partition coefficient (Wildman–Crippen LogP) is 5.21. The van der Waals surface area contributed by atoms with Gasteiger partial charge in [0.25, 0.3) is 12.4 Å². The van der Waals surface area contributed by atoms with Crippen LogP contribution in [0.25, 0.3) is 16.0 Å². The van der Waals surface area contributed by atoms with Crippen LogP contribution in [0, 0.1) is 0 Å². The van der Waals surface area contributed by atoms with E-state index in [9.17, 15) is 18.0 Å². The van der Waals surface area contributed by atoms with E-state index in [0.29, 0.717) is 5.00 Å². The van der Waals surface area contributed by atoms with E-state index in [0.717, 1.165) is 78.2 Å². The van der Waals surface area contributed by atoms with E-state index >= 15 is 0 Å². The standard InChI is InChI=1S/C28H30F3N5O2S2.CH2O2/c1-34-10-12-35(13-11-34)9-4-14-39-20-7-8-23-22(15-20)33-18-36(23)25-16-24(26(40-25)27(32)37)38-17-19-5-2-3-6-21(19)28(29,30)31;2-1-3/h2-3,5-8,15-16,18H,4,9-14,17H2,1H3,(H2,32,37);1H,(H,2,3). The second kappa shape index (κ2) is 14.7. The van der Waals surface area contributed by atoms with Gasteiger partial charge in [-0.2, -0.15) is 13.2 Å². The lowest BCUT2D eigenvalue weighted by Crippen LogP contribution is -2.44. The number of thioether (sulfide) groups is 1. The number of imidazole rings is 1. The van der Waals surface area contributed by atoms with Gasteiger partial charge in [0.05, 0.1) is 16.6 Å². The number of benzene rings is 2. The monoisotopic (exact) mass is 635 g/mol. The van der Waals surface area contributed by atoms with Crippen molar-refractivity contribution in [2.24, 2.45) is 5.73 Å². The highest BCUT2D eigenvalue weighted by atomic mass is 32.2. The van der Waals surface area contributed by atoms with Crippen LogP contribution in [0.4, 0.5) is 13.2 Å². The first-order valence-corrected chi connectivity index (χ1v) is 15.2. The smallest absolute Gasteiger partial charge is 0.416 e. The Kier molecular flexibility index (Phi) is 11.1. The zero-order valence-electron chi connectivity index (χ0n) is 23.4. The van der Waals surface area contributed by atoms with Crippen molar-refractivity contribution in [3.63, 3.8) is 0 Å². The molecule has 9 nitrogen and oxygen atoms in total. The Morgan fingerprint density at radius 1 is 1.16 bits per heavy atom. The molecule has 14 heteroatoms. The van der Waals surface area contributed by atoms with Crippen molar-refractivity contribution >= 4 is 46.5 Å². The van der Waals surface area contributed by atoms with Crippen molar-refractivity contribution < 1.29 is 32.6 Å². The Hall–Kier alpha value is -3.59. The molecular weight excluding hydrogens is 603 g/mol. The predicted molar refractivity (Wildman–Crippen MR) is 161 cm³/mol. The van der Waals surface area contributed by atoms with E-state index in [4.69, 9.17) is 20.4 Å². The number of likely N-dealkylation sites (N-methyl/N-ethyl adjacent to an activating group) is 1. The number of nitrogens with two attached hydrogens (primary N) is 1. The molecule has 0 radical (unpaired) electrons. The van der Waals surface area contributed by atoms with Crippen molar-refractivity contribution in [2.45, 2.75) is 24.1 Å². The number of primary amides is 1. The Bertz CT molecular complexity index is 1530. The third-order valence-electron chi connectivity index (χ3n) is 6.85. The topological polar surface area (TPSA) is 114 Å². The molecule has 1 aliphatic heterocycles. The van der Waals surface area contributed by atoms with Crippen LogP contribution in [0.1, 0.15) is 27.2 Å². The number of ether oxygens (including phenoxy) is 1. The molecule has 2 aromatic carbocycles. The number of piperazine rings is 1. The lowest BCUT2D eigenvalue weighted by Gasteiger charge is -2.32. The minimum atomic E-state index is -4.51. The summed E-state index contributed by atoms with van der Waals surface area (Å²) >= 11 is 2.91. The van der Waals surface area contributed by atoms with Gasteiger partial charge in [0.1, 0.15) is 28.6 Å². The van der Waals surface area contributed by atoms with Gasteiger partial charge in [-0.1, -0.05) is 18.2 Å². The number of alkyl halides is 3. The van der Waals surface area contributed by atoms with Crippen LogP contribution < -0.4 is 10.5 Å². The number of amides is 1. The highest BCUT2D eigenvalue weighted by Gasteiger charge is 2.33. The Labute approximate surface area is 255 Å². The van der Waals surface area contributed by atoms with Gasteiger partial charge in [0.2, 0.25) is 0 Å². The minimum Gasteiger partial charge on any atom is -0.487 e. The quantitative estimate of drug-likeness (QED) is 0.139. The molecular formula is C29H32F3N5O4S2. The van der Waals surface area contributed by atoms with E-state index in [2.05, 4.69) is 27.9 Å². The Morgan fingerprint density at radius 2 is 1.88 bits per heavy atom. The minimum absolute atomic E-state index is 0.0280. The molecule has 1 fully saturated rings. The van der Waals surface area contributed by atoms with E-state index in [1.807, 2.05) is 16.7 Å². The van der Waals surface area contributed by atoms with Gasteiger partial charge < -0.3 is 25.4 Å². The van der Waals surface area contributed by atoms with Crippen molar-refractivity contribution in [3.8, 4) is 10.8 Å². The van der Waals surface area contributed by atoms with Gasteiger partial charge in [-0.25, -0.2) is 4.98 Å². The molecule has 0 bridgehead atoms. The third-order valence-corrected chi connectivity index (χ3v) is 9.06. The number of hydrogen-bond donors (Lipinski definition) is 2. The second-order valence-corrected chi connectivity index (χ2v) is 12.0. The van der Waals surface area contributed by atoms with Crippen LogP contribution in [0.5, 0.6) is 5.75 Å². The highest BCUT2D eigenvalue weighted by Crippen LogP contribution is 2.36. The molecule has 1 aliphatic rings. The van der Waals surface area contributed by atoms with Crippen LogP contribution in [0.3, 0.4) is 0 Å². The van der Waals surface area contributed by atoms with Gasteiger partial charge in [-0.05, 0) is 50.0 Å². The molecule has 5 rings (SSSR count). The average molecular weight is 636 g/mol. The summed E-state index contributed by atoms with van der Waals surface area (Å²) in [7, 11) is 2.16. The van der Waals surface area contributed by atoms with Gasteiger partial charge >= 0.3 is 6.18 Å². The molecule has 1 saturated heterocycles. The van der Waals surface area contributed by atoms with Gasteiger partial charge in [-0.3, -0.25) is 14.2 Å². The van der Waals surface area contributed by atoms with E-state index < -0.39 is 17.6 Å². The fourth-order valence-corrected chi connectivity index (χ4v) is 6.45. The number of carbonyl (C=O) groups is 2. The molecule has 0 saturated carbocycles. The number of carbonyl (C=O) groups excluding carboxylic acids is 1. The number of rotatable bonds is 10. The normalized spacial score (nSPS) is 14.3.